The Morgan fingerprint density at radius 1 is 1.31 bits per heavy atom. The summed E-state index contributed by atoms with van der Waals surface area (Å²) >= 11 is 1.50. The Morgan fingerprint density at radius 3 is 2.81 bits per heavy atom. The van der Waals surface area contributed by atoms with Gasteiger partial charge in [-0.15, -0.1) is 16.4 Å². The maximum Gasteiger partial charge on any atom is 0.247 e. The first-order valence-corrected chi connectivity index (χ1v) is 6.10. The number of nitrogens with zero attached hydrogens (tertiary/aromatic N) is 5. The Balaban J connectivity index is 1.95. The van der Waals surface area contributed by atoms with Crippen molar-refractivity contribution in [2.75, 3.05) is 23.7 Å². The molecule has 3 heterocycles. The molecule has 0 spiro atoms. The lowest BCUT2D eigenvalue weighted by molar-refractivity contribution is 0.842. The van der Waals surface area contributed by atoms with E-state index in [1.165, 1.54) is 24.2 Å². The second kappa shape index (κ2) is 3.75. The van der Waals surface area contributed by atoms with Gasteiger partial charge >= 0.3 is 0 Å². The summed E-state index contributed by atoms with van der Waals surface area (Å²) in [5.41, 5.74) is 5.83. The zero-order valence-corrected chi connectivity index (χ0v) is 9.52. The fraction of sp³-hybridized carbons (Fsp3) is 0.444. The molecule has 3 rings (SSSR count). The molecule has 1 saturated heterocycles. The number of thiazole rings is 1. The van der Waals surface area contributed by atoms with Crippen molar-refractivity contribution in [3.05, 3.63) is 11.6 Å². The number of rotatable bonds is 2. The first-order valence-electron chi connectivity index (χ1n) is 5.22. The van der Waals surface area contributed by atoms with Crippen LogP contribution in [0.3, 0.4) is 0 Å². The van der Waals surface area contributed by atoms with Gasteiger partial charge in [0.15, 0.2) is 0 Å². The molecule has 84 valence electrons. The Bertz CT molecular complexity index is 470. The van der Waals surface area contributed by atoms with Crippen LogP contribution in [0.4, 0.5) is 11.9 Å². The van der Waals surface area contributed by atoms with E-state index in [4.69, 9.17) is 5.73 Å². The summed E-state index contributed by atoms with van der Waals surface area (Å²) in [7, 11) is 0. The number of nitrogens with two attached hydrogens (primary N) is 1. The number of hydrogen-bond donors (Lipinski definition) is 1. The molecule has 2 aromatic rings. The van der Waals surface area contributed by atoms with Crippen molar-refractivity contribution < 1.29 is 0 Å². The summed E-state index contributed by atoms with van der Waals surface area (Å²) in [5, 5.41) is 7.04. The molecule has 0 aliphatic carbocycles. The predicted octanol–water partition coefficient (Wildman–Crippen LogP) is 0.906. The third kappa shape index (κ3) is 1.53. The van der Waals surface area contributed by atoms with E-state index in [0.29, 0.717) is 11.9 Å². The van der Waals surface area contributed by atoms with Crippen molar-refractivity contribution in [1.82, 2.24) is 19.7 Å². The quantitative estimate of drug-likeness (QED) is 0.839. The largest absolute Gasteiger partial charge is 0.368 e. The SMILES string of the molecule is Nc1nc(N2CCCC2)nn1-c1nccs1. The highest BCUT2D eigenvalue weighted by Crippen LogP contribution is 2.20. The minimum Gasteiger partial charge on any atom is -0.368 e. The van der Waals surface area contributed by atoms with Crippen molar-refractivity contribution in [2.45, 2.75) is 12.8 Å². The smallest absolute Gasteiger partial charge is 0.247 e. The van der Waals surface area contributed by atoms with Gasteiger partial charge in [-0.3, -0.25) is 0 Å². The molecular formula is C9H12N6S. The van der Waals surface area contributed by atoms with Gasteiger partial charge in [0.1, 0.15) is 0 Å². The van der Waals surface area contributed by atoms with Crippen LogP contribution in [0.5, 0.6) is 0 Å². The van der Waals surface area contributed by atoms with Crippen LogP contribution in [0.2, 0.25) is 0 Å². The average molecular weight is 236 g/mol. The molecule has 6 nitrogen and oxygen atoms in total. The van der Waals surface area contributed by atoms with Crippen molar-refractivity contribution in [3.8, 4) is 5.13 Å². The van der Waals surface area contributed by atoms with E-state index in [1.807, 2.05) is 5.38 Å². The van der Waals surface area contributed by atoms with Crippen LogP contribution < -0.4 is 10.6 Å². The Labute approximate surface area is 96.7 Å². The van der Waals surface area contributed by atoms with Crippen LogP contribution in [-0.4, -0.2) is 32.8 Å². The van der Waals surface area contributed by atoms with E-state index in [0.717, 1.165) is 18.2 Å². The van der Waals surface area contributed by atoms with Crippen molar-refractivity contribution in [2.24, 2.45) is 0 Å². The maximum absolute atomic E-state index is 5.83. The molecule has 2 N–H and O–H groups in total. The number of aromatic nitrogens is 4. The summed E-state index contributed by atoms with van der Waals surface area (Å²) in [6, 6.07) is 0. The van der Waals surface area contributed by atoms with E-state index in [-0.39, 0.29) is 0 Å². The molecule has 1 fully saturated rings. The fourth-order valence-corrected chi connectivity index (χ4v) is 2.42. The average Bonchev–Trinajstić information content (AvgIpc) is 2.97. The monoisotopic (exact) mass is 236 g/mol. The molecule has 16 heavy (non-hydrogen) atoms. The molecule has 0 unspecified atom stereocenters. The summed E-state index contributed by atoms with van der Waals surface area (Å²) < 4.78 is 1.60. The lowest BCUT2D eigenvalue weighted by Gasteiger charge is -2.10. The van der Waals surface area contributed by atoms with Crippen LogP contribution in [0, 0.1) is 0 Å². The molecule has 0 saturated carbocycles. The molecule has 1 aliphatic rings. The van der Waals surface area contributed by atoms with Crippen LogP contribution in [-0.2, 0) is 0 Å². The van der Waals surface area contributed by atoms with Crippen molar-refractivity contribution >= 4 is 23.2 Å². The van der Waals surface area contributed by atoms with Crippen LogP contribution in [0.1, 0.15) is 12.8 Å². The summed E-state index contributed by atoms with van der Waals surface area (Å²) in [6.45, 7) is 2.03. The van der Waals surface area contributed by atoms with Crippen LogP contribution >= 0.6 is 11.3 Å². The molecule has 0 bridgehead atoms. The lowest BCUT2D eigenvalue weighted by Crippen LogP contribution is -2.19. The molecule has 2 aromatic heterocycles. The van der Waals surface area contributed by atoms with E-state index in [9.17, 15) is 0 Å². The van der Waals surface area contributed by atoms with Gasteiger partial charge < -0.3 is 10.6 Å². The van der Waals surface area contributed by atoms with Gasteiger partial charge in [0.25, 0.3) is 0 Å². The third-order valence-electron chi connectivity index (χ3n) is 2.61. The normalized spacial score (nSPS) is 15.9. The predicted molar refractivity (Wildman–Crippen MR) is 62.9 cm³/mol. The first-order chi connectivity index (χ1) is 7.84. The standard InChI is InChI=1S/C9H12N6S/c10-7-12-8(14-4-1-2-5-14)13-15(7)9-11-3-6-16-9/h3,6H,1-2,4-5H2,(H2,10,12,13). The zero-order valence-electron chi connectivity index (χ0n) is 8.70. The van der Waals surface area contributed by atoms with Gasteiger partial charge in [0, 0.05) is 24.7 Å². The van der Waals surface area contributed by atoms with Crippen LogP contribution in [0.15, 0.2) is 11.6 Å². The summed E-state index contributed by atoms with van der Waals surface area (Å²) in [4.78, 5) is 10.6. The van der Waals surface area contributed by atoms with Gasteiger partial charge in [0.2, 0.25) is 17.0 Å². The van der Waals surface area contributed by atoms with Gasteiger partial charge in [-0.05, 0) is 12.8 Å². The highest BCUT2D eigenvalue weighted by Gasteiger charge is 2.19. The number of nitrogen functional groups attached to an aromatic ring is 1. The van der Waals surface area contributed by atoms with Gasteiger partial charge in [-0.2, -0.15) is 9.67 Å². The fourth-order valence-electron chi connectivity index (χ4n) is 1.83. The lowest BCUT2D eigenvalue weighted by atomic mass is 10.4. The Morgan fingerprint density at radius 2 is 2.12 bits per heavy atom. The minimum atomic E-state index is 0.400. The molecule has 7 heteroatoms. The number of anilines is 2. The van der Waals surface area contributed by atoms with E-state index in [1.54, 1.807) is 10.9 Å². The summed E-state index contributed by atoms with van der Waals surface area (Å²) in [6.07, 6.45) is 4.13. The summed E-state index contributed by atoms with van der Waals surface area (Å²) in [5.74, 6) is 1.11. The van der Waals surface area contributed by atoms with Gasteiger partial charge in [-0.25, -0.2) is 4.98 Å². The van der Waals surface area contributed by atoms with Crippen molar-refractivity contribution in [1.29, 1.82) is 0 Å². The highest BCUT2D eigenvalue weighted by molar-refractivity contribution is 7.12. The molecule has 0 aromatic carbocycles. The minimum absolute atomic E-state index is 0.400. The molecular weight excluding hydrogens is 224 g/mol. The third-order valence-corrected chi connectivity index (χ3v) is 3.36. The first kappa shape index (κ1) is 9.59. The highest BCUT2D eigenvalue weighted by atomic mass is 32.1. The topological polar surface area (TPSA) is 72.9 Å². The molecule has 0 amide bonds. The zero-order chi connectivity index (χ0) is 11.0. The van der Waals surface area contributed by atoms with Crippen LogP contribution in [0.25, 0.3) is 5.13 Å². The Kier molecular flexibility index (Phi) is 2.24. The second-order valence-electron chi connectivity index (χ2n) is 3.69. The Hall–Kier alpha value is -1.63. The second-order valence-corrected chi connectivity index (χ2v) is 4.56. The maximum atomic E-state index is 5.83. The number of hydrogen-bond acceptors (Lipinski definition) is 6. The molecule has 1 aliphatic heterocycles. The van der Waals surface area contributed by atoms with E-state index < -0.39 is 0 Å². The molecule has 0 atom stereocenters. The van der Waals surface area contributed by atoms with E-state index >= 15 is 0 Å². The van der Waals surface area contributed by atoms with Gasteiger partial charge in [-0.1, -0.05) is 0 Å². The van der Waals surface area contributed by atoms with E-state index in [2.05, 4.69) is 20.0 Å². The van der Waals surface area contributed by atoms with Crippen molar-refractivity contribution in [3.63, 3.8) is 0 Å². The molecule has 0 radical (unpaired) electrons. The van der Waals surface area contributed by atoms with Gasteiger partial charge in [0.05, 0.1) is 0 Å².